The Hall–Kier alpha value is -3.99. The topological polar surface area (TPSA) is 80.1 Å². The average Bonchev–Trinajstić information content (AvgIpc) is 3.32. The van der Waals surface area contributed by atoms with E-state index in [0.717, 1.165) is 11.1 Å². The van der Waals surface area contributed by atoms with Crippen LogP contribution in [0.5, 0.6) is 0 Å². The molecular weight excluding hydrogens is 433 g/mol. The zero-order valence-corrected chi connectivity index (χ0v) is 19.0. The molecule has 0 aliphatic rings. The number of amides is 2. The lowest BCUT2D eigenvalue weighted by atomic mass is 10.1. The largest absolute Gasteiger partial charge is 0.341 e. The molecule has 2 amide bonds. The van der Waals surface area contributed by atoms with Crippen LogP contribution in [0.15, 0.2) is 66.9 Å². The highest BCUT2D eigenvalue weighted by Crippen LogP contribution is 2.09. The molecule has 7 nitrogen and oxygen atoms in total. The van der Waals surface area contributed by atoms with E-state index >= 15 is 0 Å². The van der Waals surface area contributed by atoms with Gasteiger partial charge < -0.3 is 10.2 Å². The third-order valence-corrected chi connectivity index (χ3v) is 5.07. The van der Waals surface area contributed by atoms with Gasteiger partial charge in [0.25, 0.3) is 5.91 Å². The lowest BCUT2D eigenvalue weighted by Crippen LogP contribution is -2.31. The standard InChI is InChI=1S/C26H28FN5O2/c27-16-18-32-21-24(29-30-32)14-15-26(34)31(20-23-11-5-2-6-12-23)17-8-7-13-25(33)28-19-22-9-3-1-4-10-22/h1-6,9-12,21H,8,14-20H2,(H,28,33). The second-order valence-corrected chi connectivity index (χ2v) is 7.68. The van der Waals surface area contributed by atoms with Gasteiger partial charge in [0.1, 0.15) is 6.67 Å². The summed E-state index contributed by atoms with van der Waals surface area (Å²) in [5, 5.41) is 10.6. The molecule has 0 unspecified atom stereocenters. The molecule has 8 heteroatoms. The van der Waals surface area contributed by atoms with Crippen LogP contribution < -0.4 is 5.32 Å². The van der Waals surface area contributed by atoms with Gasteiger partial charge in [-0.3, -0.25) is 9.59 Å². The highest BCUT2D eigenvalue weighted by atomic mass is 19.1. The van der Waals surface area contributed by atoms with Gasteiger partial charge in [-0.1, -0.05) is 71.8 Å². The molecule has 0 radical (unpaired) electrons. The molecule has 34 heavy (non-hydrogen) atoms. The fraction of sp³-hybridized carbons (Fsp3) is 0.308. The van der Waals surface area contributed by atoms with Crippen molar-refractivity contribution in [2.24, 2.45) is 0 Å². The van der Waals surface area contributed by atoms with Crippen LogP contribution in [0, 0.1) is 11.8 Å². The molecule has 1 N–H and O–H groups in total. The Bertz CT molecular complexity index is 1110. The van der Waals surface area contributed by atoms with Gasteiger partial charge in [-0.15, -0.1) is 5.10 Å². The van der Waals surface area contributed by atoms with Gasteiger partial charge in [-0.25, -0.2) is 9.07 Å². The Kier molecular flexibility index (Phi) is 9.81. The van der Waals surface area contributed by atoms with E-state index in [2.05, 4.69) is 27.5 Å². The third-order valence-electron chi connectivity index (χ3n) is 5.07. The number of alkyl halides is 1. The molecule has 176 valence electrons. The van der Waals surface area contributed by atoms with E-state index in [1.807, 2.05) is 60.7 Å². The van der Waals surface area contributed by atoms with E-state index in [4.69, 9.17) is 0 Å². The van der Waals surface area contributed by atoms with Crippen LogP contribution in [0.3, 0.4) is 0 Å². The molecule has 0 saturated heterocycles. The second-order valence-electron chi connectivity index (χ2n) is 7.68. The number of carbonyl (C=O) groups excluding carboxylic acids is 2. The SMILES string of the molecule is O=C(C#CCCN(Cc1ccccc1)C(=O)CCc1cn(CCF)nn1)NCc1ccccc1. The summed E-state index contributed by atoms with van der Waals surface area (Å²) in [7, 11) is 0. The van der Waals surface area contributed by atoms with Crippen molar-refractivity contribution < 1.29 is 14.0 Å². The monoisotopic (exact) mass is 461 g/mol. The summed E-state index contributed by atoms with van der Waals surface area (Å²) in [5.41, 5.74) is 2.66. The minimum absolute atomic E-state index is 0.0424. The van der Waals surface area contributed by atoms with Crippen LogP contribution in [-0.4, -0.2) is 44.9 Å². The number of nitrogens with zero attached hydrogens (tertiary/aromatic N) is 4. The molecule has 1 aromatic heterocycles. The zero-order valence-electron chi connectivity index (χ0n) is 19.0. The summed E-state index contributed by atoms with van der Waals surface area (Å²) in [6.07, 6.45) is 2.72. The molecule has 0 aliphatic carbocycles. The Morgan fingerprint density at radius 1 is 1.03 bits per heavy atom. The molecule has 0 spiro atoms. The lowest BCUT2D eigenvalue weighted by molar-refractivity contribution is -0.131. The predicted molar refractivity (Wildman–Crippen MR) is 127 cm³/mol. The number of carbonyl (C=O) groups is 2. The van der Waals surface area contributed by atoms with Crippen LogP contribution in [0.2, 0.25) is 0 Å². The maximum absolute atomic E-state index is 12.9. The van der Waals surface area contributed by atoms with Gasteiger partial charge in [0.05, 0.1) is 12.2 Å². The lowest BCUT2D eigenvalue weighted by Gasteiger charge is -2.22. The smallest absolute Gasteiger partial charge is 0.296 e. The van der Waals surface area contributed by atoms with Crippen molar-refractivity contribution in [3.05, 3.63) is 83.7 Å². The molecular formula is C26H28FN5O2. The van der Waals surface area contributed by atoms with E-state index in [-0.39, 0.29) is 24.8 Å². The molecule has 1 heterocycles. The minimum atomic E-state index is -0.516. The van der Waals surface area contributed by atoms with Crippen molar-refractivity contribution in [1.82, 2.24) is 25.2 Å². The first kappa shape index (κ1) is 24.6. The fourth-order valence-electron chi connectivity index (χ4n) is 3.29. The van der Waals surface area contributed by atoms with Gasteiger partial charge in [0.15, 0.2) is 0 Å². The number of rotatable bonds is 11. The van der Waals surface area contributed by atoms with Crippen molar-refractivity contribution in [2.45, 2.75) is 38.9 Å². The van der Waals surface area contributed by atoms with E-state index in [1.165, 1.54) is 4.68 Å². The van der Waals surface area contributed by atoms with Gasteiger partial charge in [-0.2, -0.15) is 0 Å². The van der Waals surface area contributed by atoms with Crippen LogP contribution in [-0.2, 0) is 35.6 Å². The number of hydrogen-bond acceptors (Lipinski definition) is 4. The first-order chi connectivity index (χ1) is 16.6. The fourth-order valence-corrected chi connectivity index (χ4v) is 3.29. The summed E-state index contributed by atoms with van der Waals surface area (Å²) >= 11 is 0. The molecule has 0 aliphatic heterocycles. The molecule has 0 fully saturated rings. The second kappa shape index (κ2) is 13.5. The average molecular weight is 462 g/mol. The van der Waals surface area contributed by atoms with E-state index in [0.29, 0.717) is 38.2 Å². The highest BCUT2D eigenvalue weighted by molar-refractivity contribution is 5.93. The number of benzene rings is 2. The van der Waals surface area contributed by atoms with E-state index < -0.39 is 6.67 Å². The Labute approximate surface area is 199 Å². The summed E-state index contributed by atoms with van der Waals surface area (Å²) in [4.78, 5) is 26.6. The first-order valence-electron chi connectivity index (χ1n) is 11.2. The summed E-state index contributed by atoms with van der Waals surface area (Å²) in [6.45, 7) is 0.914. The third kappa shape index (κ3) is 8.51. The van der Waals surface area contributed by atoms with Gasteiger partial charge in [-0.05, 0) is 17.0 Å². The maximum atomic E-state index is 12.9. The van der Waals surface area contributed by atoms with Crippen molar-refractivity contribution in [3.63, 3.8) is 0 Å². The quantitative estimate of drug-likeness (QED) is 0.446. The van der Waals surface area contributed by atoms with Gasteiger partial charge >= 0.3 is 0 Å². The summed E-state index contributed by atoms with van der Waals surface area (Å²) in [6, 6.07) is 19.3. The van der Waals surface area contributed by atoms with Gasteiger partial charge in [0, 0.05) is 45.1 Å². The number of aryl methyl sites for hydroxylation is 2. The van der Waals surface area contributed by atoms with Crippen molar-refractivity contribution in [3.8, 4) is 11.8 Å². The maximum Gasteiger partial charge on any atom is 0.296 e. The normalized spacial score (nSPS) is 10.3. The highest BCUT2D eigenvalue weighted by Gasteiger charge is 2.14. The summed E-state index contributed by atoms with van der Waals surface area (Å²) in [5.74, 6) is 5.07. The van der Waals surface area contributed by atoms with E-state index in [9.17, 15) is 14.0 Å². The van der Waals surface area contributed by atoms with Crippen molar-refractivity contribution in [1.29, 1.82) is 0 Å². The first-order valence-corrected chi connectivity index (χ1v) is 11.2. The zero-order chi connectivity index (χ0) is 24.0. The molecule has 0 bridgehead atoms. The predicted octanol–water partition coefficient (Wildman–Crippen LogP) is 2.92. The van der Waals surface area contributed by atoms with Crippen LogP contribution in [0.4, 0.5) is 4.39 Å². The molecule has 0 atom stereocenters. The number of aromatic nitrogens is 3. The number of halogens is 1. The summed E-state index contributed by atoms with van der Waals surface area (Å²) < 4.78 is 13.9. The Balaban J connectivity index is 1.52. The Morgan fingerprint density at radius 2 is 1.74 bits per heavy atom. The van der Waals surface area contributed by atoms with Crippen molar-refractivity contribution >= 4 is 11.8 Å². The van der Waals surface area contributed by atoms with Gasteiger partial charge in [0.2, 0.25) is 5.91 Å². The Morgan fingerprint density at radius 3 is 2.44 bits per heavy atom. The number of hydrogen-bond donors (Lipinski definition) is 1. The van der Waals surface area contributed by atoms with E-state index in [1.54, 1.807) is 11.1 Å². The molecule has 3 rings (SSSR count). The molecule has 2 aromatic carbocycles. The molecule has 3 aromatic rings. The van der Waals surface area contributed by atoms with Crippen LogP contribution >= 0.6 is 0 Å². The minimum Gasteiger partial charge on any atom is -0.341 e. The van der Waals surface area contributed by atoms with Crippen LogP contribution in [0.25, 0.3) is 0 Å². The number of nitrogens with one attached hydrogen (secondary N) is 1. The molecule has 0 saturated carbocycles. The van der Waals surface area contributed by atoms with Crippen LogP contribution in [0.1, 0.15) is 29.7 Å². The van der Waals surface area contributed by atoms with Crippen molar-refractivity contribution in [2.75, 3.05) is 13.2 Å².